The van der Waals surface area contributed by atoms with Crippen LogP contribution in [0.4, 0.5) is 87.8 Å². The molecule has 0 saturated heterocycles. The zero-order valence-electron chi connectivity index (χ0n) is 28.5. The molecule has 0 amide bonds. The monoisotopic (exact) mass is 884 g/mol. The standard InChI is InChI=1S/C24BF20.C12H13OS/c26-5-1(6(27)14(35)21(42)13(5)34)25(2-7(28)15(36)22(43)16(37)8(2)29,3-9(30)17(38)23(44)18(39)10(3)31)4-11(32)19(40)24(45)20(41)12(4)33;1-14(2)13-12-8-10-6-4-3-5-7-11(10)9-12/h;3-9H,1-2H3/q-1;+1. The van der Waals surface area contributed by atoms with Crippen molar-refractivity contribution in [1.82, 2.24) is 0 Å². The third kappa shape index (κ3) is 6.95. The molecule has 2 aliphatic rings. The number of halogens is 20. The average molecular weight is 884 g/mol. The zero-order valence-corrected chi connectivity index (χ0v) is 29.3. The van der Waals surface area contributed by atoms with E-state index >= 15 is 35.1 Å². The van der Waals surface area contributed by atoms with Gasteiger partial charge in [0.25, 0.3) is 0 Å². The van der Waals surface area contributed by atoms with E-state index in [2.05, 4.69) is 36.8 Å². The number of hydrogen-bond acceptors (Lipinski definition) is 1. The summed E-state index contributed by atoms with van der Waals surface area (Å²) < 4.78 is 300. The Balaban J connectivity index is 0.000000395. The van der Waals surface area contributed by atoms with Gasteiger partial charge >= 0.3 is 0 Å². The topological polar surface area (TPSA) is 9.23 Å². The molecule has 0 atom stereocenters. The quantitative estimate of drug-likeness (QED) is 0.0535. The maximum Gasteiger partial charge on any atom is 0.200 e. The van der Waals surface area contributed by atoms with Crippen molar-refractivity contribution in [3.8, 4) is 16.9 Å². The summed E-state index contributed by atoms with van der Waals surface area (Å²) in [6.45, 7) is 0. The second kappa shape index (κ2) is 16.2. The van der Waals surface area contributed by atoms with Gasteiger partial charge < -0.3 is 0 Å². The van der Waals surface area contributed by atoms with Crippen LogP contribution in [0.5, 0.6) is 5.75 Å². The molecule has 4 aromatic rings. The first-order chi connectivity index (χ1) is 27.5. The molecule has 0 saturated carbocycles. The van der Waals surface area contributed by atoms with Crippen molar-refractivity contribution in [3.63, 3.8) is 0 Å². The highest BCUT2D eigenvalue weighted by atomic mass is 32.2. The molecular weight excluding hydrogens is 871 g/mol. The summed E-state index contributed by atoms with van der Waals surface area (Å²) >= 11 is -0.00538. The second-order valence-corrected chi connectivity index (χ2v) is 13.8. The molecule has 0 N–H and O–H groups in total. The van der Waals surface area contributed by atoms with Crippen LogP contribution in [0.15, 0.2) is 42.5 Å². The number of hydrogen-bond donors (Lipinski definition) is 0. The number of fused-ring (bicyclic) bond motifs is 1. The molecule has 0 heterocycles. The third-order valence-electron chi connectivity index (χ3n) is 8.67. The second-order valence-electron chi connectivity index (χ2n) is 12.1. The van der Waals surface area contributed by atoms with Crippen LogP contribution in [0.25, 0.3) is 11.1 Å². The van der Waals surface area contributed by atoms with Gasteiger partial charge in [0.2, 0.25) is 0 Å². The van der Waals surface area contributed by atoms with E-state index in [1.807, 2.05) is 18.2 Å². The van der Waals surface area contributed by atoms with Gasteiger partial charge in [0, 0.05) is 0 Å². The molecule has 0 spiro atoms. The summed E-state index contributed by atoms with van der Waals surface area (Å²) in [5, 5.41) is 0. The minimum absolute atomic E-state index is 0.00538. The predicted molar refractivity (Wildman–Crippen MR) is 172 cm³/mol. The lowest BCUT2D eigenvalue weighted by Gasteiger charge is -2.44. The highest BCUT2D eigenvalue weighted by molar-refractivity contribution is 7.91. The van der Waals surface area contributed by atoms with Crippen molar-refractivity contribution in [3.05, 3.63) is 159 Å². The maximum absolute atomic E-state index is 15.4. The minimum atomic E-state index is -7.22. The van der Waals surface area contributed by atoms with Crippen LogP contribution in [0.2, 0.25) is 0 Å². The molecule has 1 nitrogen and oxygen atoms in total. The van der Waals surface area contributed by atoms with E-state index in [-0.39, 0.29) is 11.2 Å². The van der Waals surface area contributed by atoms with Crippen LogP contribution in [0, 0.1) is 116 Å². The molecular formula is C36H13BF20OS. The van der Waals surface area contributed by atoms with Gasteiger partial charge in [0.05, 0.1) is 0 Å². The van der Waals surface area contributed by atoms with Gasteiger partial charge in [-0.1, -0.05) is 30.3 Å². The Morgan fingerprint density at radius 1 is 0.322 bits per heavy atom. The van der Waals surface area contributed by atoms with E-state index in [1.54, 1.807) is 0 Å². The van der Waals surface area contributed by atoms with Gasteiger partial charge in [-0.05, 0) is 23.3 Å². The van der Waals surface area contributed by atoms with E-state index < -0.39 is 144 Å². The first-order valence-corrected chi connectivity index (χ1v) is 17.4. The fourth-order valence-corrected chi connectivity index (χ4v) is 6.78. The first kappa shape index (κ1) is 44.5. The van der Waals surface area contributed by atoms with E-state index in [0.717, 1.165) is 5.75 Å². The molecule has 0 bridgehead atoms. The predicted octanol–water partition coefficient (Wildman–Crippen LogP) is 8.81. The minimum Gasteiger partial charge on any atom is -0.287 e. The van der Waals surface area contributed by atoms with Crippen molar-refractivity contribution in [2.45, 2.75) is 0 Å². The fourth-order valence-electron chi connectivity index (χ4n) is 6.30. The van der Waals surface area contributed by atoms with Gasteiger partial charge in [-0.3, -0.25) is 4.18 Å². The van der Waals surface area contributed by atoms with E-state index in [0.29, 0.717) is 0 Å². The zero-order chi connectivity index (χ0) is 44.3. The molecule has 23 heteroatoms. The lowest BCUT2D eigenvalue weighted by molar-refractivity contribution is 0.378. The van der Waals surface area contributed by atoms with Gasteiger partial charge in [0.15, 0.2) is 86.7 Å². The summed E-state index contributed by atoms with van der Waals surface area (Å²) in [5.41, 5.74) is -11.9. The lowest BCUT2D eigenvalue weighted by Crippen LogP contribution is -2.81. The number of rotatable bonds is 6. The van der Waals surface area contributed by atoms with Gasteiger partial charge in [-0.2, -0.15) is 0 Å². The summed E-state index contributed by atoms with van der Waals surface area (Å²) in [5.74, 6) is -70.4. The Kier molecular flexibility index (Phi) is 12.2. The molecule has 6 rings (SSSR count). The molecule has 0 aliphatic heterocycles. The van der Waals surface area contributed by atoms with Crippen molar-refractivity contribution in [2.24, 2.45) is 0 Å². The fraction of sp³-hybridized carbons (Fsp3) is 0.0556. The maximum atomic E-state index is 15.4. The summed E-state index contributed by atoms with van der Waals surface area (Å²) in [6, 6.07) is 14.5. The van der Waals surface area contributed by atoms with Crippen LogP contribution >= 0.6 is 0 Å². The van der Waals surface area contributed by atoms with Crippen LogP contribution in [-0.4, -0.2) is 18.7 Å². The molecule has 4 aromatic carbocycles. The van der Waals surface area contributed by atoms with E-state index in [9.17, 15) is 52.7 Å². The molecule has 2 aliphatic carbocycles. The van der Waals surface area contributed by atoms with E-state index in [4.69, 9.17) is 4.18 Å². The summed E-state index contributed by atoms with van der Waals surface area (Å²) in [4.78, 5) is 0. The Hall–Kier alpha value is -5.61. The third-order valence-corrected chi connectivity index (χ3v) is 9.20. The van der Waals surface area contributed by atoms with Crippen molar-refractivity contribution in [2.75, 3.05) is 12.5 Å². The van der Waals surface area contributed by atoms with Crippen molar-refractivity contribution < 1.29 is 92.0 Å². The Morgan fingerprint density at radius 3 is 0.729 bits per heavy atom. The van der Waals surface area contributed by atoms with Crippen LogP contribution in [-0.2, 0) is 11.2 Å². The Bertz CT molecular complexity index is 2220. The normalized spacial score (nSPS) is 11.7. The lowest BCUT2D eigenvalue weighted by atomic mass is 9.12. The molecule has 0 unspecified atom stereocenters. The van der Waals surface area contributed by atoms with Gasteiger partial charge in [0.1, 0.15) is 65.2 Å². The highest BCUT2D eigenvalue weighted by Crippen LogP contribution is 2.32. The Labute approximate surface area is 319 Å². The summed E-state index contributed by atoms with van der Waals surface area (Å²) in [7, 11) is 0. The molecule has 312 valence electrons. The van der Waals surface area contributed by atoms with E-state index in [1.165, 1.54) is 11.1 Å². The van der Waals surface area contributed by atoms with Crippen LogP contribution in [0.1, 0.15) is 0 Å². The Morgan fingerprint density at radius 2 is 0.525 bits per heavy atom. The molecule has 0 fully saturated rings. The van der Waals surface area contributed by atoms with Crippen LogP contribution < -0.4 is 26.0 Å². The highest BCUT2D eigenvalue weighted by Gasteiger charge is 2.52. The van der Waals surface area contributed by atoms with Gasteiger partial charge in [-0.15, -0.1) is 21.9 Å². The first-order valence-electron chi connectivity index (χ1n) is 15.4. The van der Waals surface area contributed by atoms with Crippen molar-refractivity contribution in [1.29, 1.82) is 0 Å². The molecule has 59 heavy (non-hydrogen) atoms. The largest absolute Gasteiger partial charge is 0.287 e. The SMILES string of the molecule is C[S+](C)Oc1cc2cccccc-2c1.Fc1c(F)c(F)c([B-](c2c(F)c(F)c(F)c(F)c2F)(c2c(F)c(F)c(F)c(F)c2F)c2c(F)c(F)c(F)c(F)c2F)c(F)c1F. The van der Waals surface area contributed by atoms with Crippen molar-refractivity contribution >= 4 is 39.2 Å². The van der Waals surface area contributed by atoms with Gasteiger partial charge in [-0.25, -0.2) is 87.8 Å². The molecule has 0 radical (unpaired) electrons. The van der Waals surface area contributed by atoms with Crippen LogP contribution in [0.3, 0.4) is 0 Å². The molecule has 0 aromatic heterocycles. The smallest absolute Gasteiger partial charge is 0.200 e. The number of benzene rings is 4. The summed E-state index contributed by atoms with van der Waals surface area (Å²) in [6.07, 6.45) is -3.08. The average Bonchev–Trinajstić information content (AvgIpc) is 3.43.